The molecule has 1 nitrogen and oxygen atoms in total. The molecule has 0 aliphatic carbocycles. The maximum absolute atomic E-state index is 2.48. The highest BCUT2D eigenvalue weighted by Gasteiger charge is 2.10. The molecule has 0 aliphatic heterocycles. The first kappa shape index (κ1) is 31.7. The second-order valence-electron chi connectivity index (χ2n) is 10.6. The van der Waals surface area contributed by atoms with Crippen molar-refractivity contribution in [1.29, 1.82) is 0 Å². The molecule has 0 bridgehead atoms. The predicted molar refractivity (Wildman–Crippen MR) is 149 cm³/mol. The Morgan fingerprint density at radius 2 is 0.750 bits per heavy atom. The Labute approximate surface area is 205 Å². The van der Waals surface area contributed by atoms with Gasteiger partial charge in [-0.15, -0.1) is 0 Å². The summed E-state index contributed by atoms with van der Waals surface area (Å²) in [6.07, 6.45) is 38.9. The van der Waals surface area contributed by atoms with Crippen LogP contribution in [0.4, 0.5) is 0 Å². The Kier molecular flexibility index (Phi) is 26.7. The van der Waals surface area contributed by atoms with E-state index in [0.29, 0.717) is 0 Å². The third-order valence-electron chi connectivity index (χ3n) is 7.17. The first-order valence-corrected chi connectivity index (χ1v) is 15.0. The van der Waals surface area contributed by atoms with E-state index in [0.717, 1.165) is 6.04 Å². The van der Waals surface area contributed by atoms with E-state index in [9.17, 15) is 0 Å². The lowest BCUT2D eigenvalue weighted by Crippen LogP contribution is -2.27. The molecule has 0 saturated carbocycles. The Hall–Kier alpha value is -0.300. The molecule has 0 saturated heterocycles. The van der Waals surface area contributed by atoms with Crippen LogP contribution in [0.2, 0.25) is 0 Å². The van der Waals surface area contributed by atoms with Crippen LogP contribution in [0.15, 0.2) is 12.2 Å². The van der Waals surface area contributed by atoms with E-state index in [2.05, 4.69) is 45.0 Å². The zero-order valence-corrected chi connectivity index (χ0v) is 23.1. The highest BCUT2D eigenvalue weighted by Crippen LogP contribution is 2.17. The molecule has 0 spiro atoms. The Balaban J connectivity index is 3.41. The van der Waals surface area contributed by atoms with Crippen LogP contribution in [0.5, 0.6) is 0 Å². The van der Waals surface area contributed by atoms with E-state index < -0.39 is 0 Å². The molecule has 0 radical (unpaired) electrons. The summed E-state index contributed by atoms with van der Waals surface area (Å²) in [7, 11) is 4.57. The summed E-state index contributed by atoms with van der Waals surface area (Å²) in [6.45, 7) is 4.60. The molecule has 1 atom stereocenters. The van der Waals surface area contributed by atoms with Crippen LogP contribution in [0.25, 0.3) is 0 Å². The van der Waals surface area contributed by atoms with Crippen molar-refractivity contribution in [2.45, 2.75) is 174 Å². The van der Waals surface area contributed by atoms with Crippen LogP contribution >= 0.6 is 0 Å². The van der Waals surface area contributed by atoms with Crippen LogP contribution in [0.3, 0.4) is 0 Å². The first-order chi connectivity index (χ1) is 15.7. The van der Waals surface area contributed by atoms with E-state index >= 15 is 0 Å². The van der Waals surface area contributed by atoms with Gasteiger partial charge in [-0.1, -0.05) is 142 Å². The lowest BCUT2D eigenvalue weighted by molar-refractivity contribution is 0.251. The number of allylic oxidation sites excluding steroid dienone is 2. The van der Waals surface area contributed by atoms with Gasteiger partial charge in [0.1, 0.15) is 0 Å². The minimum atomic E-state index is 0.814. The summed E-state index contributed by atoms with van der Waals surface area (Å²) in [5.41, 5.74) is 0. The van der Waals surface area contributed by atoms with E-state index in [1.807, 2.05) is 0 Å². The summed E-state index contributed by atoms with van der Waals surface area (Å²) in [5, 5.41) is 0. The van der Waals surface area contributed by atoms with Gasteiger partial charge in [0.25, 0.3) is 0 Å². The fraction of sp³-hybridized carbons (Fsp3) is 0.935. The molecule has 0 N–H and O–H groups in total. The van der Waals surface area contributed by atoms with Gasteiger partial charge in [-0.05, 0) is 52.6 Å². The molecule has 0 fully saturated rings. The second-order valence-corrected chi connectivity index (χ2v) is 10.6. The lowest BCUT2D eigenvalue weighted by Gasteiger charge is -2.24. The molecule has 32 heavy (non-hydrogen) atoms. The molecule has 1 heteroatoms. The fourth-order valence-corrected chi connectivity index (χ4v) is 4.80. The Morgan fingerprint density at radius 3 is 1.09 bits per heavy atom. The van der Waals surface area contributed by atoms with Crippen LogP contribution in [-0.2, 0) is 0 Å². The molecule has 0 unspecified atom stereocenters. The molecule has 0 aromatic heterocycles. The van der Waals surface area contributed by atoms with Gasteiger partial charge in [0.15, 0.2) is 0 Å². The average Bonchev–Trinajstić information content (AvgIpc) is 2.78. The third kappa shape index (κ3) is 24.3. The van der Waals surface area contributed by atoms with Gasteiger partial charge in [-0.2, -0.15) is 0 Å². The van der Waals surface area contributed by atoms with Crippen molar-refractivity contribution < 1.29 is 0 Å². The van der Waals surface area contributed by atoms with E-state index in [4.69, 9.17) is 0 Å². The average molecular weight is 450 g/mol. The Morgan fingerprint density at radius 1 is 0.438 bits per heavy atom. The summed E-state index contributed by atoms with van der Waals surface area (Å²) < 4.78 is 0. The monoisotopic (exact) mass is 449 g/mol. The van der Waals surface area contributed by atoms with E-state index in [-0.39, 0.29) is 0 Å². The number of rotatable bonds is 26. The topological polar surface area (TPSA) is 3.24 Å². The van der Waals surface area contributed by atoms with Crippen molar-refractivity contribution in [2.24, 2.45) is 0 Å². The minimum absolute atomic E-state index is 0.814. The third-order valence-corrected chi connectivity index (χ3v) is 7.17. The van der Waals surface area contributed by atoms with Crippen molar-refractivity contribution >= 4 is 0 Å². The number of unbranched alkanes of at least 4 members (excludes halogenated alkanes) is 19. The van der Waals surface area contributed by atoms with Gasteiger partial charge >= 0.3 is 0 Å². The standard InChI is InChI=1S/C31H63N/c1-5-7-9-11-13-14-15-16-17-18-19-20-21-22-24-26-28-30-31(32(3)4)29-27-25-23-12-10-8-6-2/h16-17,31H,5-15,18-30H2,1-4H3/b17-16-/t31-/m1/s1. The molecule has 0 aliphatic rings. The van der Waals surface area contributed by atoms with Crippen LogP contribution in [0.1, 0.15) is 168 Å². The lowest BCUT2D eigenvalue weighted by atomic mass is 9.99. The number of hydrogen-bond donors (Lipinski definition) is 0. The van der Waals surface area contributed by atoms with Crippen LogP contribution in [-0.4, -0.2) is 25.0 Å². The maximum Gasteiger partial charge on any atom is 0.00891 e. The molecular weight excluding hydrogens is 386 g/mol. The zero-order valence-electron chi connectivity index (χ0n) is 23.1. The van der Waals surface area contributed by atoms with Gasteiger partial charge in [0.05, 0.1) is 0 Å². The smallest absolute Gasteiger partial charge is 0.00891 e. The molecule has 0 aromatic rings. The van der Waals surface area contributed by atoms with Crippen molar-refractivity contribution in [3.05, 3.63) is 12.2 Å². The Bertz CT molecular complexity index is 359. The SMILES string of the molecule is CCCCCCCC/C=C\CCCCCCCCC[C@@H](CCCCCCCCC)N(C)C. The molecule has 0 heterocycles. The first-order valence-electron chi connectivity index (χ1n) is 15.0. The second kappa shape index (κ2) is 26.9. The van der Waals surface area contributed by atoms with Gasteiger partial charge in [-0.25, -0.2) is 0 Å². The minimum Gasteiger partial charge on any atom is -0.306 e. The van der Waals surface area contributed by atoms with Gasteiger partial charge in [0, 0.05) is 6.04 Å². The summed E-state index contributed by atoms with van der Waals surface area (Å²) in [5.74, 6) is 0. The van der Waals surface area contributed by atoms with Gasteiger partial charge in [0.2, 0.25) is 0 Å². The fourth-order valence-electron chi connectivity index (χ4n) is 4.80. The quantitative estimate of drug-likeness (QED) is 0.0937. The van der Waals surface area contributed by atoms with Gasteiger partial charge < -0.3 is 4.90 Å². The normalized spacial score (nSPS) is 12.9. The number of nitrogens with zero attached hydrogens (tertiary/aromatic N) is 1. The zero-order chi connectivity index (χ0) is 23.5. The summed E-state index contributed by atoms with van der Waals surface area (Å²) in [4.78, 5) is 2.48. The van der Waals surface area contributed by atoms with E-state index in [1.165, 1.54) is 154 Å². The number of hydrogen-bond acceptors (Lipinski definition) is 1. The van der Waals surface area contributed by atoms with Crippen molar-refractivity contribution in [3.8, 4) is 0 Å². The highest BCUT2D eigenvalue weighted by atomic mass is 15.1. The molecule has 0 aromatic carbocycles. The largest absolute Gasteiger partial charge is 0.306 e. The summed E-state index contributed by atoms with van der Waals surface area (Å²) >= 11 is 0. The maximum atomic E-state index is 2.48. The van der Waals surface area contributed by atoms with Crippen LogP contribution in [0, 0.1) is 0 Å². The molecule has 0 rings (SSSR count). The molecule has 192 valence electrons. The van der Waals surface area contributed by atoms with Gasteiger partial charge in [-0.3, -0.25) is 0 Å². The van der Waals surface area contributed by atoms with E-state index in [1.54, 1.807) is 0 Å². The highest BCUT2D eigenvalue weighted by molar-refractivity contribution is 4.81. The molecular formula is C31H63N. The predicted octanol–water partition coefficient (Wildman–Crippen LogP) is 10.9. The van der Waals surface area contributed by atoms with Crippen molar-refractivity contribution in [1.82, 2.24) is 4.90 Å². The summed E-state index contributed by atoms with van der Waals surface area (Å²) in [6, 6.07) is 0.814. The molecule has 0 amide bonds. The van der Waals surface area contributed by atoms with Crippen molar-refractivity contribution in [2.75, 3.05) is 14.1 Å². The van der Waals surface area contributed by atoms with Crippen LogP contribution < -0.4 is 0 Å². The van der Waals surface area contributed by atoms with Crippen molar-refractivity contribution in [3.63, 3.8) is 0 Å².